The van der Waals surface area contributed by atoms with E-state index in [1.54, 1.807) is 0 Å². The maximum atomic E-state index is 11.1. The zero-order chi connectivity index (χ0) is 16.4. The molecule has 1 aromatic carbocycles. The van der Waals surface area contributed by atoms with E-state index in [2.05, 4.69) is 0 Å². The number of esters is 1. The number of hydrogen-bond donors (Lipinski definition) is 3. The quantitative estimate of drug-likeness (QED) is 0.726. The Morgan fingerprint density at radius 1 is 1.32 bits per heavy atom. The summed E-state index contributed by atoms with van der Waals surface area (Å²) in [6.07, 6.45) is -1.46. The highest BCUT2D eigenvalue weighted by Gasteiger charge is 2.26. The summed E-state index contributed by atoms with van der Waals surface area (Å²) in [5.74, 6) is -2.39. The van der Waals surface area contributed by atoms with Crippen LogP contribution in [0.25, 0.3) is 11.3 Å². The monoisotopic (exact) mass is 345 g/mol. The molecule has 0 aliphatic rings. The van der Waals surface area contributed by atoms with E-state index in [4.69, 9.17) is 37.5 Å². The fourth-order valence-corrected chi connectivity index (χ4v) is 2.18. The number of halogens is 2. The number of carbonyl (C=O) groups is 2. The third-order valence-corrected chi connectivity index (χ3v) is 3.03. The van der Waals surface area contributed by atoms with E-state index in [0.717, 1.165) is 6.92 Å². The highest BCUT2D eigenvalue weighted by atomic mass is 35.5. The van der Waals surface area contributed by atoms with Gasteiger partial charge in [-0.15, -0.1) is 0 Å². The van der Waals surface area contributed by atoms with Gasteiger partial charge in [0.25, 0.3) is 5.88 Å². The fraction of sp³-hybridized carbons (Fsp3) is 0.0769. The van der Waals surface area contributed by atoms with Gasteiger partial charge in [-0.05, 0) is 18.2 Å². The number of aromatic hydroxyl groups is 1. The van der Waals surface area contributed by atoms with E-state index in [1.807, 2.05) is 5.32 Å². The molecule has 9 heteroatoms. The van der Waals surface area contributed by atoms with Crippen molar-refractivity contribution in [3.63, 3.8) is 0 Å². The topological polar surface area (TPSA) is 109 Å². The Kier molecular flexibility index (Phi) is 4.48. The Bertz CT molecular complexity index is 755. The van der Waals surface area contributed by atoms with Gasteiger partial charge in [0.15, 0.2) is 5.76 Å². The molecular weight excluding hydrogens is 337 g/mol. The van der Waals surface area contributed by atoms with Crippen molar-refractivity contribution in [3.05, 3.63) is 28.2 Å². The van der Waals surface area contributed by atoms with E-state index in [9.17, 15) is 14.7 Å². The Hall–Kier alpha value is -2.38. The normalized spacial score (nSPS) is 10.3. The lowest BCUT2D eigenvalue weighted by Crippen LogP contribution is -2.09. The van der Waals surface area contributed by atoms with Gasteiger partial charge in [-0.3, -0.25) is 10.1 Å². The van der Waals surface area contributed by atoms with Gasteiger partial charge in [0, 0.05) is 17.5 Å². The molecule has 0 bridgehead atoms. The predicted molar refractivity (Wildman–Crippen MR) is 78.8 cm³/mol. The van der Waals surface area contributed by atoms with Crippen molar-refractivity contribution in [2.45, 2.75) is 6.92 Å². The highest BCUT2D eigenvalue weighted by Crippen LogP contribution is 2.48. The second-order valence-corrected chi connectivity index (χ2v) is 4.93. The number of rotatable bonds is 3. The lowest BCUT2D eigenvalue weighted by molar-refractivity contribution is -0.132. The molecule has 1 amide bonds. The number of carbonyl (C=O) groups excluding carboxylic acids is 1. The van der Waals surface area contributed by atoms with Crippen LogP contribution in [0.2, 0.25) is 10.0 Å². The molecule has 0 spiro atoms. The zero-order valence-corrected chi connectivity index (χ0v) is 12.5. The number of hydrogen-bond acceptors (Lipinski definition) is 5. The molecule has 0 aliphatic carbocycles. The molecule has 7 nitrogen and oxygen atoms in total. The van der Waals surface area contributed by atoms with Crippen LogP contribution in [-0.2, 0) is 4.79 Å². The minimum absolute atomic E-state index is 0.160. The molecule has 0 saturated carbocycles. The summed E-state index contributed by atoms with van der Waals surface area (Å²) >= 11 is 11.8. The van der Waals surface area contributed by atoms with Gasteiger partial charge in [0.2, 0.25) is 11.5 Å². The van der Waals surface area contributed by atoms with Crippen molar-refractivity contribution >= 4 is 41.1 Å². The first kappa shape index (κ1) is 16.0. The minimum atomic E-state index is -1.46. The molecule has 0 radical (unpaired) electrons. The highest BCUT2D eigenvalue weighted by molar-refractivity contribution is 6.36. The molecule has 1 aromatic heterocycles. The summed E-state index contributed by atoms with van der Waals surface area (Å²) < 4.78 is 9.98. The maximum Gasteiger partial charge on any atom is 0.411 e. The molecular formula is C13H9Cl2NO6. The number of ether oxygens (including phenoxy) is 1. The largest absolute Gasteiger partial charge is 0.502 e. The van der Waals surface area contributed by atoms with Crippen LogP contribution >= 0.6 is 23.2 Å². The number of nitrogens with one attached hydrogen (secondary N) is 1. The molecule has 116 valence electrons. The first-order chi connectivity index (χ1) is 10.3. The van der Waals surface area contributed by atoms with Crippen LogP contribution in [-0.4, -0.2) is 22.3 Å². The van der Waals surface area contributed by atoms with Gasteiger partial charge >= 0.3 is 12.1 Å². The molecule has 2 aromatic rings. The van der Waals surface area contributed by atoms with E-state index >= 15 is 0 Å². The molecule has 0 fully saturated rings. The summed E-state index contributed by atoms with van der Waals surface area (Å²) in [5.41, 5.74) is 0.246. The smallest absolute Gasteiger partial charge is 0.411 e. The third kappa shape index (κ3) is 3.26. The van der Waals surface area contributed by atoms with Crippen LogP contribution in [0.4, 0.5) is 10.7 Å². The first-order valence-electron chi connectivity index (χ1n) is 5.79. The second-order valence-electron chi connectivity index (χ2n) is 4.09. The summed E-state index contributed by atoms with van der Waals surface area (Å²) in [6, 6.07) is 4.38. The minimum Gasteiger partial charge on any atom is -0.502 e. The van der Waals surface area contributed by atoms with Crippen molar-refractivity contribution in [2.24, 2.45) is 0 Å². The standard InChI is InChI=1S/C13H9Cl2NO6/c1-5(17)21-11-9(18)10(22-12(11)16-13(19)20)7-3-2-6(14)4-8(7)15/h2-4,16,18H,1H3,(H,19,20). The van der Waals surface area contributed by atoms with E-state index < -0.39 is 29.4 Å². The van der Waals surface area contributed by atoms with Gasteiger partial charge in [-0.25, -0.2) is 4.79 Å². The summed E-state index contributed by atoms with van der Waals surface area (Å²) in [6.45, 7) is 1.09. The lowest BCUT2D eigenvalue weighted by atomic mass is 10.1. The number of anilines is 1. The van der Waals surface area contributed by atoms with Crippen molar-refractivity contribution in [1.82, 2.24) is 0 Å². The fourth-order valence-electron chi connectivity index (χ4n) is 1.68. The van der Waals surface area contributed by atoms with Crippen LogP contribution < -0.4 is 10.1 Å². The Morgan fingerprint density at radius 3 is 2.55 bits per heavy atom. The molecule has 1 heterocycles. The van der Waals surface area contributed by atoms with Crippen LogP contribution in [0.5, 0.6) is 11.5 Å². The molecule has 22 heavy (non-hydrogen) atoms. The molecule has 3 N–H and O–H groups in total. The Balaban J connectivity index is 2.59. The molecule has 0 unspecified atom stereocenters. The van der Waals surface area contributed by atoms with Crippen molar-refractivity contribution in [1.29, 1.82) is 0 Å². The Morgan fingerprint density at radius 2 is 2.00 bits per heavy atom. The van der Waals surface area contributed by atoms with Crippen molar-refractivity contribution in [3.8, 4) is 22.8 Å². The van der Waals surface area contributed by atoms with Crippen LogP contribution in [0.1, 0.15) is 6.92 Å². The summed E-state index contributed by atoms with van der Waals surface area (Å²) in [7, 11) is 0. The van der Waals surface area contributed by atoms with Gasteiger partial charge in [0.05, 0.1) is 5.02 Å². The Labute approximate surface area is 134 Å². The van der Waals surface area contributed by atoms with E-state index in [0.29, 0.717) is 5.02 Å². The first-order valence-corrected chi connectivity index (χ1v) is 6.54. The molecule has 0 saturated heterocycles. The predicted octanol–water partition coefficient (Wildman–Crippen LogP) is 3.97. The van der Waals surface area contributed by atoms with E-state index in [1.165, 1.54) is 18.2 Å². The average molecular weight is 346 g/mol. The summed E-state index contributed by atoms with van der Waals surface area (Å²) in [5, 5.41) is 21.3. The maximum absolute atomic E-state index is 11.1. The van der Waals surface area contributed by atoms with Crippen LogP contribution in [0.15, 0.2) is 22.6 Å². The van der Waals surface area contributed by atoms with Gasteiger partial charge in [0.1, 0.15) is 0 Å². The second kappa shape index (κ2) is 6.17. The van der Waals surface area contributed by atoms with Crippen LogP contribution in [0, 0.1) is 0 Å². The lowest BCUT2D eigenvalue weighted by Gasteiger charge is -2.02. The van der Waals surface area contributed by atoms with Crippen molar-refractivity contribution < 1.29 is 29.0 Å². The SMILES string of the molecule is CC(=O)Oc1c(NC(=O)O)oc(-c2ccc(Cl)cc2Cl)c1O. The molecule has 0 aliphatic heterocycles. The molecule has 0 atom stereocenters. The number of furan rings is 1. The average Bonchev–Trinajstić information content (AvgIpc) is 2.66. The number of benzene rings is 1. The number of carboxylic acid groups (broad SMARTS) is 1. The van der Waals surface area contributed by atoms with E-state index in [-0.39, 0.29) is 16.3 Å². The van der Waals surface area contributed by atoms with Gasteiger partial charge in [-0.1, -0.05) is 23.2 Å². The number of amides is 1. The third-order valence-electron chi connectivity index (χ3n) is 2.48. The van der Waals surface area contributed by atoms with Crippen LogP contribution in [0.3, 0.4) is 0 Å². The zero-order valence-electron chi connectivity index (χ0n) is 11.0. The summed E-state index contributed by atoms with van der Waals surface area (Å²) in [4.78, 5) is 21.8. The van der Waals surface area contributed by atoms with Gasteiger partial charge in [-0.2, -0.15) is 0 Å². The van der Waals surface area contributed by atoms with Crippen molar-refractivity contribution in [2.75, 3.05) is 5.32 Å². The van der Waals surface area contributed by atoms with Gasteiger partial charge < -0.3 is 19.4 Å². The molecule has 2 rings (SSSR count).